The van der Waals surface area contributed by atoms with Crippen LogP contribution in [0.5, 0.6) is 0 Å². The molecule has 112 valence electrons. The van der Waals surface area contributed by atoms with Gasteiger partial charge in [-0.1, -0.05) is 24.3 Å². The van der Waals surface area contributed by atoms with E-state index >= 15 is 0 Å². The Morgan fingerprint density at radius 2 is 1.76 bits per heavy atom. The standard InChI is InChI=1S/C16H18O5/c17-5-10-3-1-2-9(12(10)6-18)4-11-15-13(20-15)7-19-8-14-16(11)21-14/h1-4,13-18H,5-8H2. The molecule has 3 saturated heterocycles. The molecule has 4 atom stereocenters. The molecule has 1 aromatic rings. The van der Waals surface area contributed by atoms with Crippen LogP contribution in [0.15, 0.2) is 23.8 Å². The SMILES string of the molecule is OCc1cccc(C=C2C3OC3COCC3OC23)c1CO. The molecule has 5 heteroatoms. The van der Waals surface area contributed by atoms with Crippen LogP contribution in [0, 0.1) is 0 Å². The number of hydrogen-bond donors (Lipinski definition) is 2. The zero-order valence-electron chi connectivity index (χ0n) is 11.6. The third kappa shape index (κ3) is 2.41. The molecule has 0 radical (unpaired) electrons. The van der Waals surface area contributed by atoms with E-state index in [2.05, 4.69) is 0 Å². The molecule has 21 heavy (non-hydrogen) atoms. The van der Waals surface area contributed by atoms with Crippen LogP contribution in [-0.4, -0.2) is 47.8 Å². The minimum Gasteiger partial charge on any atom is -0.392 e. The van der Waals surface area contributed by atoms with Gasteiger partial charge >= 0.3 is 0 Å². The molecule has 3 aliphatic heterocycles. The summed E-state index contributed by atoms with van der Waals surface area (Å²) >= 11 is 0. The Bertz CT molecular complexity index is 562. The number of hydrogen-bond acceptors (Lipinski definition) is 5. The van der Waals surface area contributed by atoms with Gasteiger partial charge in [0.2, 0.25) is 0 Å². The first-order chi connectivity index (χ1) is 10.3. The quantitative estimate of drug-likeness (QED) is 0.798. The van der Waals surface area contributed by atoms with Crippen LogP contribution in [-0.2, 0) is 27.4 Å². The van der Waals surface area contributed by atoms with Crippen LogP contribution in [0.4, 0.5) is 0 Å². The summed E-state index contributed by atoms with van der Waals surface area (Å²) in [6.07, 6.45) is 2.42. The Hall–Kier alpha value is -1.24. The van der Waals surface area contributed by atoms with Gasteiger partial charge in [0.25, 0.3) is 0 Å². The van der Waals surface area contributed by atoms with Gasteiger partial charge in [-0.15, -0.1) is 0 Å². The van der Waals surface area contributed by atoms with Gasteiger partial charge in [0, 0.05) is 0 Å². The van der Waals surface area contributed by atoms with E-state index in [0.29, 0.717) is 13.2 Å². The number of epoxide rings is 2. The maximum Gasteiger partial charge on any atom is 0.112 e. The van der Waals surface area contributed by atoms with E-state index in [9.17, 15) is 10.2 Å². The Morgan fingerprint density at radius 1 is 1.05 bits per heavy atom. The molecule has 0 spiro atoms. The van der Waals surface area contributed by atoms with Crippen molar-refractivity contribution in [1.82, 2.24) is 0 Å². The van der Waals surface area contributed by atoms with Gasteiger partial charge in [-0.05, 0) is 22.3 Å². The summed E-state index contributed by atoms with van der Waals surface area (Å²) in [5.41, 5.74) is 3.56. The van der Waals surface area contributed by atoms with Crippen molar-refractivity contribution >= 4 is 6.08 Å². The predicted molar refractivity (Wildman–Crippen MR) is 74.4 cm³/mol. The van der Waals surface area contributed by atoms with Gasteiger partial charge in [-0.25, -0.2) is 0 Å². The molecule has 0 amide bonds. The van der Waals surface area contributed by atoms with E-state index < -0.39 is 0 Å². The second-order valence-electron chi connectivity index (χ2n) is 5.67. The molecule has 3 fully saturated rings. The molecule has 2 N–H and O–H groups in total. The zero-order chi connectivity index (χ0) is 14.4. The van der Waals surface area contributed by atoms with Crippen LogP contribution < -0.4 is 0 Å². The lowest BCUT2D eigenvalue weighted by atomic mass is 9.96. The predicted octanol–water partition coefficient (Wildman–Crippen LogP) is 0.620. The lowest BCUT2D eigenvalue weighted by Crippen LogP contribution is -2.18. The van der Waals surface area contributed by atoms with E-state index in [0.717, 1.165) is 22.3 Å². The largest absolute Gasteiger partial charge is 0.392 e. The topological polar surface area (TPSA) is 74.8 Å². The molecule has 1 aromatic carbocycles. The highest BCUT2D eigenvalue weighted by Gasteiger charge is 2.54. The maximum atomic E-state index is 9.59. The lowest BCUT2D eigenvalue weighted by Gasteiger charge is -2.11. The number of ether oxygens (including phenoxy) is 3. The van der Waals surface area contributed by atoms with Crippen molar-refractivity contribution in [2.45, 2.75) is 37.6 Å². The van der Waals surface area contributed by atoms with Crippen molar-refractivity contribution in [2.75, 3.05) is 13.2 Å². The van der Waals surface area contributed by atoms with Crippen LogP contribution in [0.1, 0.15) is 16.7 Å². The fourth-order valence-electron chi connectivity index (χ4n) is 3.06. The Labute approximate surface area is 122 Å². The van der Waals surface area contributed by atoms with Gasteiger partial charge in [-0.3, -0.25) is 0 Å². The maximum absolute atomic E-state index is 9.59. The van der Waals surface area contributed by atoms with Crippen molar-refractivity contribution < 1.29 is 24.4 Å². The summed E-state index contributed by atoms with van der Waals surface area (Å²) in [6.45, 7) is 1.05. The molecule has 4 rings (SSSR count). The fraction of sp³-hybridized carbons (Fsp3) is 0.500. The molecule has 4 unspecified atom stereocenters. The average Bonchev–Trinajstić information content (AvgIpc) is 3.40. The summed E-state index contributed by atoms with van der Waals surface area (Å²) in [4.78, 5) is 0. The van der Waals surface area contributed by atoms with Gasteiger partial charge < -0.3 is 24.4 Å². The second-order valence-corrected chi connectivity index (χ2v) is 5.67. The van der Waals surface area contributed by atoms with Crippen LogP contribution >= 0.6 is 0 Å². The lowest BCUT2D eigenvalue weighted by molar-refractivity contribution is 0.102. The molecule has 0 saturated carbocycles. The minimum atomic E-state index is -0.0944. The summed E-state index contributed by atoms with van der Waals surface area (Å²) in [7, 11) is 0. The average molecular weight is 290 g/mol. The summed E-state index contributed by atoms with van der Waals surface area (Å²) < 4.78 is 16.8. The van der Waals surface area contributed by atoms with Crippen LogP contribution in [0.25, 0.3) is 6.08 Å². The highest BCUT2D eigenvalue weighted by atomic mass is 16.7. The van der Waals surface area contributed by atoms with Crippen LogP contribution in [0.2, 0.25) is 0 Å². The highest BCUT2D eigenvalue weighted by Crippen LogP contribution is 2.43. The Kier molecular flexibility index (Phi) is 3.32. The monoisotopic (exact) mass is 290 g/mol. The number of benzene rings is 1. The number of fused-ring (bicyclic) bond motifs is 2. The molecule has 5 nitrogen and oxygen atoms in total. The molecule has 0 bridgehead atoms. The minimum absolute atomic E-state index is 0.0598. The van der Waals surface area contributed by atoms with Crippen molar-refractivity contribution in [3.8, 4) is 0 Å². The summed E-state index contributed by atoms with van der Waals surface area (Å²) in [5.74, 6) is 0. The first kappa shape index (κ1) is 13.4. The first-order valence-electron chi connectivity index (χ1n) is 7.24. The van der Waals surface area contributed by atoms with Gasteiger partial charge in [-0.2, -0.15) is 0 Å². The Morgan fingerprint density at radius 3 is 2.38 bits per heavy atom. The third-order valence-electron chi connectivity index (χ3n) is 4.35. The van der Waals surface area contributed by atoms with Gasteiger partial charge in [0.15, 0.2) is 0 Å². The number of rotatable bonds is 3. The third-order valence-corrected chi connectivity index (χ3v) is 4.35. The molecule has 3 aliphatic rings. The van der Waals surface area contributed by atoms with Crippen molar-refractivity contribution in [1.29, 1.82) is 0 Å². The normalized spacial score (nSPS) is 33.5. The fourth-order valence-corrected chi connectivity index (χ4v) is 3.06. The van der Waals surface area contributed by atoms with Gasteiger partial charge in [0.1, 0.15) is 24.4 Å². The summed E-state index contributed by atoms with van der Waals surface area (Å²) in [5, 5.41) is 19.0. The van der Waals surface area contributed by atoms with Crippen molar-refractivity contribution in [3.05, 3.63) is 40.5 Å². The number of aliphatic hydroxyl groups excluding tert-OH is 2. The molecule has 0 aliphatic carbocycles. The van der Waals surface area contributed by atoms with E-state index in [4.69, 9.17) is 14.2 Å². The van der Waals surface area contributed by atoms with E-state index in [-0.39, 0.29) is 37.6 Å². The number of aliphatic hydroxyl groups is 2. The van der Waals surface area contributed by atoms with Gasteiger partial charge in [0.05, 0.1) is 26.4 Å². The molecule has 3 heterocycles. The Balaban J connectivity index is 1.70. The zero-order valence-corrected chi connectivity index (χ0v) is 11.6. The van der Waals surface area contributed by atoms with Crippen molar-refractivity contribution in [2.24, 2.45) is 0 Å². The molecular weight excluding hydrogens is 272 g/mol. The van der Waals surface area contributed by atoms with Crippen molar-refractivity contribution in [3.63, 3.8) is 0 Å². The van der Waals surface area contributed by atoms with Crippen LogP contribution in [0.3, 0.4) is 0 Å². The molecular formula is C16H18O5. The smallest absolute Gasteiger partial charge is 0.112 e. The van der Waals surface area contributed by atoms with E-state index in [1.807, 2.05) is 24.3 Å². The first-order valence-corrected chi connectivity index (χ1v) is 7.24. The summed E-state index contributed by atoms with van der Waals surface area (Å²) in [6, 6.07) is 5.66. The van der Waals surface area contributed by atoms with E-state index in [1.165, 1.54) is 0 Å². The second kappa shape index (κ2) is 5.19. The molecule has 0 aromatic heterocycles. The highest BCUT2D eigenvalue weighted by molar-refractivity contribution is 5.61. The van der Waals surface area contributed by atoms with E-state index in [1.54, 1.807) is 0 Å².